The number of carbonyl (C=O) groups excluding carboxylic acids is 2. The molecule has 8 heavy (non-hydrogen) atoms. The first-order valence-corrected chi connectivity index (χ1v) is 2.41. The third-order valence-corrected chi connectivity index (χ3v) is 1.06. The molecule has 0 aromatic heterocycles. The standard InChI is InChI=1S/C5H9NO2/c1-4(7)6(3)5(2)8/h1-3H3/p+1. The van der Waals surface area contributed by atoms with Gasteiger partial charge < -0.3 is 0 Å². The van der Waals surface area contributed by atoms with E-state index in [4.69, 9.17) is 0 Å². The molecular formula is C5H10NO2+. The molecule has 0 aromatic rings. The van der Waals surface area contributed by atoms with Crippen LogP contribution in [0.4, 0.5) is 0 Å². The summed E-state index contributed by atoms with van der Waals surface area (Å²) in [5.74, 6) is -0.282. The quantitative estimate of drug-likeness (QED) is 0.422. The minimum Gasteiger partial charge on any atom is -0.231 e. The summed E-state index contributed by atoms with van der Waals surface area (Å²) >= 11 is 0. The summed E-state index contributed by atoms with van der Waals surface area (Å²) in [4.78, 5) is 21.0. The molecule has 1 N–H and O–H groups in total. The Hall–Kier alpha value is -0.700. The molecular weight excluding hydrogens is 106 g/mol. The van der Waals surface area contributed by atoms with Crippen LogP contribution in [0.5, 0.6) is 0 Å². The summed E-state index contributed by atoms with van der Waals surface area (Å²) in [6.07, 6.45) is 0. The van der Waals surface area contributed by atoms with E-state index in [9.17, 15) is 9.59 Å². The molecule has 2 amide bonds. The van der Waals surface area contributed by atoms with Crippen LogP contribution in [0, 0.1) is 0 Å². The highest BCUT2D eigenvalue weighted by atomic mass is 16.2. The highest BCUT2D eigenvalue weighted by molar-refractivity contribution is 5.77. The average molecular weight is 116 g/mol. The Bertz CT molecular complexity index is 106. The van der Waals surface area contributed by atoms with Crippen molar-refractivity contribution in [1.82, 2.24) is 0 Å². The minimum absolute atomic E-state index is 0.141. The number of carbonyl (C=O) groups is 2. The third kappa shape index (κ3) is 1.84. The molecule has 0 aromatic carbocycles. The predicted octanol–water partition coefficient (Wildman–Crippen LogP) is -1.41. The molecule has 3 nitrogen and oxygen atoms in total. The SMILES string of the molecule is CC(=O)[NH+](C)C(C)=O. The second-order valence-corrected chi connectivity index (χ2v) is 1.74. The van der Waals surface area contributed by atoms with Crippen LogP contribution in [0.15, 0.2) is 0 Å². The third-order valence-electron chi connectivity index (χ3n) is 1.06. The van der Waals surface area contributed by atoms with Gasteiger partial charge in [0, 0.05) is 0 Å². The molecule has 0 aliphatic rings. The number of imide groups is 1. The van der Waals surface area contributed by atoms with Gasteiger partial charge in [-0.2, -0.15) is 0 Å². The van der Waals surface area contributed by atoms with Crippen molar-refractivity contribution >= 4 is 11.8 Å². The number of rotatable bonds is 0. The first-order chi connectivity index (χ1) is 3.55. The summed E-state index contributed by atoms with van der Waals surface area (Å²) in [7, 11) is 1.53. The normalized spacial score (nSPS) is 9.50. The molecule has 0 fully saturated rings. The summed E-state index contributed by atoms with van der Waals surface area (Å²) in [5.41, 5.74) is 0. The molecule has 0 aliphatic heterocycles. The smallest absolute Gasteiger partial charge is 0.231 e. The Morgan fingerprint density at radius 3 is 1.38 bits per heavy atom. The molecule has 0 radical (unpaired) electrons. The molecule has 0 rings (SSSR count). The van der Waals surface area contributed by atoms with Gasteiger partial charge in [-0.1, -0.05) is 0 Å². The molecule has 0 unspecified atom stereocenters. The Morgan fingerprint density at radius 1 is 1.12 bits per heavy atom. The van der Waals surface area contributed by atoms with Crippen molar-refractivity contribution in [3.8, 4) is 0 Å². The van der Waals surface area contributed by atoms with Gasteiger partial charge in [-0.15, -0.1) is 0 Å². The minimum atomic E-state index is -0.141. The van der Waals surface area contributed by atoms with Gasteiger partial charge in [0.1, 0.15) is 0 Å². The first kappa shape index (κ1) is 7.30. The molecule has 0 bridgehead atoms. The van der Waals surface area contributed by atoms with Gasteiger partial charge in [0.25, 0.3) is 0 Å². The number of nitrogens with one attached hydrogen (secondary N) is 1. The lowest BCUT2D eigenvalue weighted by Gasteiger charge is -1.99. The molecule has 0 heterocycles. The van der Waals surface area contributed by atoms with E-state index in [0.717, 1.165) is 0 Å². The summed E-state index contributed by atoms with van der Waals surface area (Å²) in [6.45, 7) is 2.77. The number of hydrogen-bond acceptors (Lipinski definition) is 2. The highest BCUT2D eigenvalue weighted by Gasteiger charge is 2.11. The van der Waals surface area contributed by atoms with Gasteiger partial charge >= 0.3 is 11.8 Å². The van der Waals surface area contributed by atoms with Crippen LogP contribution in [0.25, 0.3) is 0 Å². The lowest BCUT2D eigenvalue weighted by atomic mass is 10.5. The van der Waals surface area contributed by atoms with E-state index in [1.807, 2.05) is 0 Å². The first-order valence-electron chi connectivity index (χ1n) is 2.41. The van der Waals surface area contributed by atoms with Crippen LogP contribution in [-0.4, -0.2) is 18.9 Å². The Labute approximate surface area is 48.3 Å². The molecule has 0 spiro atoms. The lowest BCUT2D eigenvalue weighted by molar-refractivity contribution is -0.712. The molecule has 0 atom stereocenters. The fourth-order valence-electron chi connectivity index (χ4n) is 0.248. The van der Waals surface area contributed by atoms with Gasteiger partial charge in [0.2, 0.25) is 0 Å². The van der Waals surface area contributed by atoms with Crippen LogP contribution in [0.3, 0.4) is 0 Å². The molecule has 3 heteroatoms. The topological polar surface area (TPSA) is 38.6 Å². The van der Waals surface area contributed by atoms with E-state index >= 15 is 0 Å². The van der Waals surface area contributed by atoms with Crippen molar-refractivity contribution < 1.29 is 14.5 Å². The summed E-state index contributed by atoms with van der Waals surface area (Å²) in [6, 6.07) is 0. The fraction of sp³-hybridized carbons (Fsp3) is 0.600. The van der Waals surface area contributed by atoms with Crippen LogP contribution < -0.4 is 4.90 Å². The zero-order valence-corrected chi connectivity index (χ0v) is 5.32. The number of hydrogen-bond donors (Lipinski definition) is 1. The Morgan fingerprint density at radius 2 is 1.38 bits per heavy atom. The summed E-state index contributed by atoms with van der Waals surface area (Å²) < 4.78 is 0. The van der Waals surface area contributed by atoms with Crippen molar-refractivity contribution in [3.63, 3.8) is 0 Å². The van der Waals surface area contributed by atoms with Gasteiger partial charge in [-0.25, -0.2) is 14.5 Å². The average Bonchev–Trinajstić information content (AvgIpc) is 1.64. The summed E-state index contributed by atoms with van der Waals surface area (Å²) in [5, 5.41) is 0. The number of amides is 2. The fourth-order valence-corrected chi connectivity index (χ4v) is 0.248. The predicted molar refractivity (Wildman–Crippen MR) is 28.2 cm³/mol. The zero-order valence-electron chi connectivity index (χ0n) is 5.32. The van der Waals surface area contributed by atoms with Gasteiger partial charge in [-0.3, -0.25) is 0 Å². The van der Waals surface area contributed by atoms with Crippen molar-refractivity contribution in [2.45, 2.75) is 13.8 Å². The van der Waals surface area contributed by atoms with Gasteiger partial charge in [0.15, 0.2) is 0 Å². The van der Waals surface area contributed by atoms with Crippen LogP contribution >= 0.6 is 0 Å². The maximum atomic E-state index is 10.3. The zero-order chi connectivity index (χ0) is 6.73. The van der Waals surface area contributed by atoms with Crippen LogP contribution in [-0.2, 0) is 9.59 Å². The van der Waals surface area contributed by atoms with Crippen molar-refractivity contribution in [3.05, 3.63) is 0 Å². The Balaban J connectivity index is 3.83. The maximum Gasteiger partial charge on any atom is 0.316 e. The monoisotopic (exact) mass is 116 g/mol. The highest BCUT2D eigenvalue weighted by Crippen LogP contribution is 1.49. The van der Waals surface area contributed by atoms with Crippen molar-refractivity contribution in [2.24, 2.45) is 0 Å². The van der Waals surface area contributed by atoms with E-state index < -0.39 is 0 Å². The molecule has 0 saturated carbocycles. The van der Waals surface area contributed by atoms with E-state index in [0.29, 0.717) is 4.90 Å². The van der Waals surface area contributed by atoms with E-state index in [-0.39, 0.29) is 11.8 Å². The molecule has 0 aliphatic carbocycles. The number of quaternary nitrogens is 1. The van der Waals surface area contributed by atoms with Crippen molar-refractivity contribution in [1.29, 1.82) is 0 Å². The van der Waals surface area contributed by atoms with Crippen molar-refractivity contribution in [2.75, 3.05) is 7.05 Å². The van der Waals surface area contributed by atoms with E-state index in [1.165, 1.54) is 20.9 Å². The maximum absolute atomic E-state index is 10.3. The van der Waals surface area contributed by atoms with Gasteiger partial charge in [0.05, 0.1) is 20.9 Å². The lowest BCUT2D eigenvalue weighted by Crippen LogP contribution is -3.13. The van der Waals surface area contributed by atoms with E-state index in [1.54, 1.807) is 0 Å². The van der Waals surface area contributed by atoms with Crippen LogP contribution in [0.1, 0.15) is 13.8 Å². The molecule has 0 saturated heterocycles. The largest absolute Gasteiger partial charge is 0.316 e. The van der Waals surface area contributed by atoms with Crippen LogP contribution in [0.2, 0.25) is 0 Å². The molecule has 46 valence electrons. The second-order valence-electron chi connectivity index (χ2n) is 1.74. The second kappa shape index (κ2) is 2.57. The van der Waals surface area contributed by atoms with Gasteiger partial charge in [-0.05, 0) is 0 Å². The Kier molecular flexibility index (Phi) is 2.34. The van der Waals surface area contributed by atoms with E-state index in [2.05, 4.69) is 0 Å².